The van der Waals surface area contributed by atoms with Crippen LogP contribution in [0.15, 0.2) is 12.4 Å². The number of hydrogen-bond acceptors (Lipinski definition) is 4. The molecule has 1 aromatic heterocycles. The maximum Gasteiger partial charge on any atom is 0.226 e. The van der Waals surface area contributed by atoms with Gasteiger partial charge in [-0.05, 0) is 45.4 Å². The van der Waals surface area contributed by atoms with Crippen LogP contribution in [0.4, 0.5) is 0 Å². The average Bonchev–Trinajstić information content (AvgIpc) is 2.99. The standard InChI is InChI=1S/C18H27N3O3/c1-2-21-10-9-19-15(21)14-13(4-11-24-14)16(22)20-12-17(7-8-17)18(23)5-3-6-18/h9-10,13-14,23H,2-8,11-12H2,1H3,(H,20,22)/t13-,14-/m1/s1. The van der Waals surface area contributed by atoms with Crippen LogP contribution in [0.5, 0.6) is 0 Å². The van der Waals surface area contributed by atoms with Gasteiger partial charge in [0.1, 0.15) is 11.9 Å². The molecule has 0 bridgehead atoms. The van der Waals surface area contributed by atoms with E-state index in [4.69, 9.17) is 4.74 Å². The van der Waals surface area contributed by atoms with E-state index in [1.165, 1.54) is 0 Å². The van der Waals surface area contributed by atoms with Crippen molar-refractivity contribution in [3.8, 4) is 0 Å². The van der Waals surface area contributed by atoms with Crippen LogP contribution in [-0.4, -0.2) is 39.3 Å². The van der Waals surface area contributed by atoms with Gasteiger partial charge in [0.2, 0.25) is 5.91 Å². The van der Waals surface area contributed by atoms with Gasteiger partial charge in [0, 0.05) is 37.5 Å². The molecule has 1 amide bonds. The zero-order chi connectivity index (χ0) is 16.8. The Bertz CT molecular complexity index is 619. The number of carbonyl (C=O) groups is 1. The first-order valence-corrected chi connectivity index (χ1v) is 9.21. The van der Waals surface area contributed by atoms with Gasteiger partial charge in [-0.15, -0.1) is 0 Å². The summed E-state index contributed by atoms with van der Waals surface area (Å²) < 4.78 is 7.86. The lowest BCUT2D eigenvalue weighted by atomic mass is 9.68. The molecule has 24 heavy (non-hydrogen) atoms. The molecule has 3 aliphatic rings. The van der Waals surface area contributed by atoms with Crippen LogP contribution < -0.4 is 5.32 Å². The minimum atomic E-state index is -0.537. The highest BCUT2D eigenvalue weighted by atomic mass is 16.5. The molecule has 2 aliphatic carbocycles. The fourth-order valence-electron chi connectivity index (χ4n) is 4.34. The Morgan fingerprint density at radius 1 is 1.46 bits per heavy atom. The number of imidazole rings is 1. The molecule has 132 valence electrons. The maximum atomic E-state index is 12.7. The Morgan fingerprint density at radius 2 is 2.25 bits per heavy atom. The van der Waals surface area contributed by atoms with Gasteiger partial charge in [0.15, 0.2) is 0 Å². The summed E-state index contributed by atoms with van der Waals surface area (Å²) >= 11 is 0. The molecular formula is C18H27N3O3. The van der Waals surface area contributed by atoms with E-state index >= 15 is 0 Å². The van der Waals surface area contributed by atoms with Gasteiger partial charge in [-0.3, -0.25) is 4.79 Å². The third-order valence-corrected chi connectivity index (χ3v) is 6.39. The van der Waals surface area contributed by atoms with Gasteiger partial charge in [0.25, 0.3) is 0 Å². The van der Waals surface area contributed by atoms with Crippen LogP contribution in [0.3, 0.4) is 0 Å². The number of aryl methyl sites for hydroxylation is 1. The van der Waals surface area contributed by atoms with Gasteiger partial charge in [-0.25, -0.2) is 4.98 Å². The number of rotatable bonds is 6. The first-order valence-electron chi connectivity index (χ1n) is 9.21. The monoisotopic (exact) mass is 333 g/mol. The minimum absolute atomic E-state index is 0.0392. The number of nitrogens with zero attached hydrogens (tertiary/aromatic N) is 2. The first kappa shape index (κ1) is 16.1. The van der Waals surface area contributed by atoms with Crippen molar-refractivity contribution in [1.29, 1.82) is 0 Å². The lowest BCUT2D eigenvalue weighted by molar-refractivity contribution is -0.129. The molecule has 3 fully saturated rings. The van der Waals surface area contributed by atoms with E-state index in [1.807, 2.05) is 10.8 Å². The van der Waals surface area contributed by atoms with Crippen molar-refractivity contribution in [2.24, 2.45) is 11.3 Å². The molecule has 1 aliphatic heterocycles. The van der Waals surface area contributed by atoms with Crippen LogP contribution in [0.1, 0.15) is 57.4 Å². The molecule has 6 heteroatoms. The zero-order valence-electron chi connectivity index (χ0n) is 14.3. The van der Waals surface area contributed by atoms with Crippen LogP contribution >= 0.6 is 0 Å². The number of amides is 1. The molecule has 0 aromatic carbocycles. The Kier molecular flexibility index (Phi) is 3.92. The van der Waals surface area contributed by atoms with Crippen LogP contribution in [0.25, 0.3) is 0 Å². The Hall–Kier alpha value is -1.40. The van der Waals surface area contributed by atoms with Crippen molar-refractivity contribution in [1.82, 2.24) is 14.9 Å². The second kappa shape index (κ2) is 5.85. The fourth-order valence-corrected chi connectivity index (χ4v) is 4.34. The number of hydrogen-bond donors (Lipinski definition) is 2. The molecule has 1 saturated heterocycles. The molecule has 0 radical (unpaired) electrons. The van der Waals surface area contributed by atoms with Crippen molar-refractivity contribution in [2.75, 3.05) is 13.2 Å². The SMILES string of the molecule is CCn1ccnc1[C@@H]1OCC[C@H]1C(=O)NCC1(C2(O)CCC2)CC1. The molecule has 2 saturated carbocycles. The van der Waals surface area contributed by atoms with Crippen molar-refractivity contribution in [3.05, 3.63) is 18.2 Å². The smallest absolute Gasteiger partial charge is 0.226 e. The molecular weight excluding hydrogens is 306 g/mol. The van der Waals surface area contributed by atoms with E-state index in [2.05, 4.69) is 17.2 Å². The maximum absolute atomic E-state index is 12.7. The van der Waals surface area contributed by atoms with E-state index in [0.29, 0.717) is 13.2 Å². The molecule has 2 heterocycles. The minimum Gasteiger partial charge on any atom is -0.389 e. The van der Waals surface area contributed by atoms with Crippen molar-refractivity contribution in [3.63, 3.8) is 0 Å². The summed E-state index contributed by atoms with van der Waals surface area (Å²) in [6.45, 7) is 4.06. The third-order valence-electron chi connectivity index (χ3n) is 6.39. The molecule has 0 spiro atoms. The average molecular weight is 333 g/mol. The van der Waals surface area contributed by atoms with Crippen LogP contribution in [0.2, 0.25) is 0 Å². The van der Waals surface area contributed by atoms with E-state index in [0.717, 1.165) is 50.9 Å². The van der Waals surface area contributed by atoms with Gasteiger partial charge >= 0.3 is 0 Å². The fraction of sp³-hybridized carbons (Fsp3) is 0.778. The number of nitrogens with one attached hydrogen (secondary N) is 1. The predicted molar refractivity (Wildman–Crippen MR) is 88.2 cm³/mol. The molecule has 6 nitrogen and oxygen atoms in total. The van der Waals surface area contributed by atoms with E-state index in [9.17, 15) is 9.90 Å². The highest BCUT2D eigenvalue weighted by Gasteiger charge is 2.61. The Morgan fingerprint density at radius 3 is 2.88 bits per heavy atom. The lowest BCUT2D eigenvalue weighted by Gasteiger charge is -2.44. The van der Waals surface area contributed by atoms with Gasteiger partial charge < -0.3 is 19.7 Å². The molecule has 1 aromatic rings. The second-order valence-electron chi connectivity index (χ2n) is 7.64. The Balaban J connectivity index is 1.41. The van der Waals surface area contributed by atoms with Crippen molar-refractivity contribution >= 4 is 5.91 Å². The number of carbonyl (C=O) groups excluding carboxylic acids is 1. The van der Waals surface area contributed by atoms with Gasteiger partial charge in [-0.1, -0.05) is 0 Å². The highest BCUT2D eigenvalue weighted by molar-refractivity contribution is 5.79. The summed E-state index contributed by atoms with van der Waals surface area (Å²) in [5, 5.41) is 13.8. The number of aromatic nitrogens is 2. The van der Waals surface area contributed by atoms with Crippen molar-refractivity contribution in [2.45, 2.75) is 63.7 Å². The summed E-state index contributed by atoms with van der Waals surface area (Å²) in [5.41, 5.74) is -0.609. The normalized spacial score (nSPS) is 29.9. The topological polar surface area (TPSA) is 76.4 Å². The summed E-state index contributed by atoms with van der Waals surface area (Å²) in [4.78, 5) is 17.2. The molecule has 0 unspecified atom stereocenters. The Labute approximate surface area is 142 Å². The summed E-state index contributed by atoms with van der Waals surface area (Å²) in [6, 6.07) is 0. The molecule has 2 N–H and O–H groups in total. The largest absolute Gasteiger partial charge is 0.389 e. The molecule has 4 rings (SSSR count). The van der Waals surface area contributed by atoms with E-state index < -0.39 is 5.60 Å². The number of aliphatic hydroxyl groups is 1. The summed E-state index contributed by atoms with van der Waals surface area (Å²) in [5.74, 6) is 0.691. The first-order chi connectivity index (χ1) is 11.6. The summed E-state index contributed by atoms with van der Waals surface area (Å²) in [7, 11) is 0. The highest BCUT2D eigenvalue weighted by Crippen LogP contribution is 2.60. The zero-order valence-corrected chi connectivity index (χ0v) is 14.3. The van der Waals surface area contributed by atoms with Crippen LogP contribution in [-0.2, 0) is 16.1 Å². The van der Waals surface area contributed by atoms with E-state index in [1.54, 1.807) is 6.20 Å². The molecule has 2 atom stereocenters. The van der Waals surface area contributed by atoms with Crippen LogP contribution in [0, 0.1) is 11.3 Å². The van der Waals surface area contributed by atoms with E-state index in [-0.39, 0.29) is 23.3 Å². The quantitative estimate of drug-likeness (QED) is 0.832. The number of ether oxygens (including phenoxy) is 1. The lowest BCUT2D eigenvalue weighted by Crippen LogP contribution is -2.51. The second-order valence-corrected chi connectivity index (χ2v) is 7.64. The predicted octanol–water partition coefficient (Wildman–Crippen LogP) is 1.79. The summed E-state index contributed by atoms with van der Waals surface area (Å²) in [6.07, 6.45) is 9.07. The van der Waals surface area contributed by atoms with Gasteiger partial charge in [-0.2, -0.15) is 0 Å². The van der Waals surface area contributed by atoms with Gasteiger partial charge in [0.05, 0.1) is 11.5 Å². The van der Waals surface area contributed by atoms with Crippen molar-refractivity contribution < 1.29 is 14.6 Å². The third kappa shape index (κ3) is 2.47.